The van der Waals surface area contributed by atoms with Crippen molar-refractivity contribution in [2.75, 3.05) is 13.1 Å². The zero-order chi connectivity index (χ0) is 19.9. The molecule has 0 unspecified atom stereocenters. The lowest BCUT2D eigenvalue weighted by Crippen LogP contribution is -2.47. The Morgan fingerprint density at radius 1 is 1.29 bits per heavy atom. The minimum atomic E-state index is -0.526. The Labute approximate surface area is 169 Å². The summed E-state index contributed by atoms with van der Waals surface area (Å²) in [7, 11) is 0. The Hall–Kier alpha value is -2.15. The van der Waals surface area contributed by atoms with Crippen LogP contribution in [0.3, 0.4) is 0 Å². The summed E-state index contributed by atoms with van der Waals surface area (Å²) >= 11 is 1.33. The van der Waals surface area contributed by atoms with Crippen molar-refractivity contribution < 1.29 is 14.3 Å². The van der Waals surface area contributed by atoms with Crippen LogP contribution in [0.15, 0.2) is 24.3 Å². The number of amides is 2. The first-order valence-corrected chi connectivity index (χ1v) is 10.7. The highest BCUT2D eigenvalue weighted by atomic mass is 32.1. The van der Waals surface area contributed by atoms with Crippen molar-refractivity contribution in [3.8, 4) is 0 Å². The van der Waals surface area contributed by atoms with Gasteiger partial charge in [-0.05, 0) is 63.0 Å². The van der Waals surface area contributed by atoms with E-state index in [1.54, 1.807) is 0 Å². The van der Waals surface area contributed by atoms with Crippen LogP contribution in [0.5, 0.6) is 0 Å². The molecule has 3 atom stereocenters. The number of hydrogen-bond donors (Lipinski definition) is 1. The van der Waals surface area contributed by atoms with Gasteiger partial charge in [-0.3, -0.25) is 4.79 Å². The molecule has 2 aromatic rings. The summed E-state index contributed by atoms with van der Waals surface area (Å²) in [4.78, 5) is 27.3. The minimum absolute atomic E-state index is 0.0174. The maximum Gasteiger partial charge on any atom is 0.410 e. The fourth-order valence-corrected chi connectivity index (χ4v) is 5.31. The molecule has 150 valence electrons. The Bertz CT molecular complexity index is 888. The molecular formula is C21H27N3O3S. The van der Waals surface area contributed by atoms with Gasteiger partial charge in [-0.25, -0.2) is 4.79 Å². The van der Waals surface area contributed by atoms with E-state index < -0.39 is 5.60 Å². The molecule has 2 heterocycles. The van der Waals surface area contributed by atoms with Crippen LogP contribution in [-0.4, -0.2) is 46.0 Å². The van der Waals surface area contributed by atoms with E-state index in [0.29, 0.717) is 24.1 Å². The van der Waals surface area contributed by atoms with Gasteiger partial charge in [-0.15, -0.1) is 0 Å². The molecule has 6 nitrogen and oxygen atoms in total. The van der Waals surface area contributed by atoms with E-state index in [2.05, 4.69) is 9.69 Å². The first-order chi connectivity index (χ1) is 13.3. The second-order valence-electron chi connectivity index (χ2n) is 8.79. The largest absolute Gasteiger partial charge is 0.444 e. The third-order valence-corrected chi connectivity index (χ3v) is 6.56. The summed E-state index contributed by atoms with van der Waals surface area (Å²) in [6, 6.07) is 7.73. The number of fused-ring (bicyclic) bond motifs is 2. The Morgan fingerprint density at radius 3 is 2.86 bits per heavy atom. The van der Waals surface area contributed by atoms with Crippen LogP contribution < -0.4 is 5.32 Å². The summed E-state index contributed by atoms with van der Waals surface area (Å²) in [5.74, 6) is 0.762. The van der Waals surface area contributed by atoms with E-state index >= 15 is 0 Å². The van der Waals surface area contributed by atoms with Gasteiger partial charge in [0.05, 0.1) is 10.7 Å². The number of carbonyl (C=O) groups is 2. The van der Waals surface area contributed by atoms with Crippen molar-refractivity contribution >= 4 is 33.6 Å². The topological polar surface area (TPSA) is 71.5 Å². The quantitative estimate of drug-likeness (QED) is 0.842. The van der Waals surface area contributed by atoms with Crippen LogP contribution in [-0.2, 0) is 4.74 Å². The van der Waals surface area contributed by atoms with E-state index in [9.17, 15) is 9.59 Å². The van der Waals surface area contributed by atoms with Gasteiger partial charge in [0.15, 0.2) is 0 Å². The minimum Gasteiger partial charge on any atom is -0.444 e. The molecule has 1 aliphatic heterocycles. The third-order valence-electron chi connectivity index (χ3n) is 5.74. The van der Waals surface area contributed by atoms with E-state index in [1.165, 1.54) is 18.0 Å². The number of benzene rings is 1. The fraction of sp³-hybridized carbons (Fsp3) is 0.571. The first-order valence-electron chi connectivity index (χ1n) is 9.96. The van der Waals surface area contributed by atoms with Gasteiger partial charge in [0.1, 0.15) is 11.3 Å². The van der Waals surface area contributed by atoms with E-state index in [0.717, 1.165) is 29.5 Å². The molecule has 1 saturated heterocycles. The highest BCUT2D eigenvalue weighted by molar-refractivity contribution is 7.13. The number of carbonyl (C=O) groups excluding carboxylic acids is 2. The Morgan fingerprint density at radius 2 is 2.07 bits per heavy atom. The monoisotopic (exact) mass is 401 g/mol. The van der Waals surface area contributed by atoms with Crippen molar-refractivity contribution in [1.29, 1.82) is 0 Å². The SMILES string of the molecule is CC(C)(C)OC(=O)N1C[C@@H]2CCC[C@@H]2[C@H]1CNC(=O)c1nsc2ccccc12. The molecule has 4 rings (SSSR count). The molecule has 2 fully saturated rings. The van der Waals surface area contributed by atoms with Crippen LogP contribution >= 0.6 is 11.5 Å². The lowest BCUT2D eigenvalue weighted by Gasteiger charge is -2.30. The molecule has 1 aromatic heterocycles. The molecule has 1 aliphatic carbocycles. The van der Waals surface area contributed by atoms with Crippen molar-refractivity contribution in [1.82, 2.24) is 14.6 Å². The number of ether oxygens (including phenoxy) is 1. The first kappa shape index (κ1) is 19.2. The zero-order valence-corrected chi connectivity index (χ0v) is 17.4. The summed E-state index contributed by atoms with van der Waals surface area (Å²) in [6.45, 7) is 6.80. The van der Waals surface area contributed by atoms with Crippen LogP contribution in [0, 0.1) is 11.8 Å². The second kappa shape index (κ2) is 7.35. The molecule has 1 N–H and O–H groups in total. The van der Waals surface area contributed by atoms with E-state index in [-0.39, 0.29) is 18.0 Å². The van der Waals surface area contributed by atoms with E-state index in [1.807, 2.05) is 49.9 Å². The molecule has 2 amide bonds. The lowest BCUT2D eigenvalue weighted by molar-refractivity contribution is 0.0200. The molecule has 0 bridgehead atoms. The second-order valence-corrected chi connectivity index (χ2v) is 9.60. The van der Waals surface area contributed by atoms with Crippen LogP contribution in [0.1, 0.15) is 50.5 Å². The van der Waals surface area contributed by atoms with E-state index in [4.69, 9.17) is 4.74 Å². The maximum atomic E-state index is 12.8. The molecule has 28 heavy (non-hydrogen) atoms. The normalized spacial score (nSPS) is 24.4. The number of aromatic nitrogens is 1. The fourth-order valence-electron chi connectivity index (χ4n) is 4.54. The molecule has 2 aliphatic rings. The molecule has 7 heteroatoms. The summed E-state index contributed by atoms with van der Waals surface area (Å²) in [5.41, 5.74) is -0.0624. The average Bonchev–Trinajstić information content (AvgIpc) is 3.32. The van der Waals surface area contributed by atoms with Crippen molar-refractivity contribution in [2.45, 2.75) is 51.7 Å². The molecule has 0 spiro atoms. The number of hydrogen-bond acceptors (Lipinski definition) is 5. The van der Waals surface area contributed by atoms with Gasteiger partial charge in [0.2, 0.25) is 0 Å². The van der Waals surface area contributed by atoms with Gasteiger partial charge in [-0.1, -0.05) is 24.6 Å². The van der Waals surface area contributed by atoms with Crippen LogP contribution in [0.2, 0.25) is 0 Å². The van der Waals surface area contributed by atoms with Gasteiger partial charge >= 0.3 is 6.09 Å². The van der Waals surface area contributed by atoms with Crippen molar-refractivity contribution in [3.05, 3.63) is 30.0 Å². The molecule has 1 saturated carbocycles. The van der Waals surface area contributed by atoms with Crippen LogP contribution in [0.25, 0.3) is 10.1 Å². The molecule has 0 radical (unpaired) electrons. The third kappa shape index (κ3) is 3.72. The summed E-state index contributed by atoms with van der Waals surface area (Å²) < 4.78 is 11.0. The average molecular weight is 402 g/mol. The highest BCUT2D eigenvalue weighted by Gasteiger charge is 2.47. The highest BCUT2D eigenvalue weighted by Crippen LogP contribution is 2.42. The van der Waals surface area contributed by atoms with Gasteiger partial charge in [0.25, 0.3) is 5.91 Å². The van der Waals surface area contributed by atoms with Gasteiger partial charge in [0, 0.05) is 18.5 Å². The predicted molar refractivity (Wildman–Crippen MR) is 110 cm³/mol. The Balaban J connectivity index is 1.48. The number of rotatable bonds is 3. The van der Waals surface area contributed by atoms with Crippen molar-refractivity contribution in [3.63, 3.8) is 0 Å². The summed E-state index contributed by atoms with van der Waals surface area (Å²) in [6.07, 6.45) is 3.16. The lowest BCUT2D eigenvalue weighted by atomic mass is 9.94. The predicted octanol–water partition coefficient (Wildman–Crippen LogP) is 4.06. The maximum absolute atomic E-state index is 12.8. The van der Waals surface area contributed by atoms with Crippen LogP contribution in [0.4, 0.5) is 4.79 Å². The molecule has 1 aromatic carbocycles. The standard InChI is InChI=1S/C21H27N3O3S/c1-21(2,3)27-20(26)24-12-13-7-6-9-14(13)16(24)11-22-19(25)18-15-8-4-5-10-17(15)28-23-18/h4-5,8,10,13-14,16H,6-7,9,11-12H2,1-3H3,(H,22,25)/t13-,14-,16+/m0/s1. The zero-order valence-electron chi connectivity index (χ0n) is 16.6. The number of nitrogens with one attached hydrogen (secondary N) is 1. The number of likely N-dealkylation sites (tertiary alicyclic amines) is 1. The number of nitrogens with zero attached hydrogens (tertiary/aromatic N) is 2. The van der Waals surface area contributed by atoms with Gasteiger partial charge < -0.3 is 15.0 Å². The Kier molecular flexibility index (Phi) is 5.04. The van der Waals surface area contributed by atoms with Crippen molar-refractivity contribution in [2.24, 2.45) is 11.8 Å². The van der Waals surface area contributed by atoms with Gasteiger partial charge in [-0.2, -0.15) is 4.37 Å². The smallest absolute Gasteiger partial charge is 0.410 e. The molecular weight excluding hydrogens is 374 g/mol. The summed E-state index contributed by atoms with van der Waals surface area (Å²) in [5, 5.41) is 3.91.